The molecule has 0 spiro atoms. The van der Waals surface area contributed by atoms with Crippen LogP contribution in [0.5, 0.6) is 0 Å². The van der Waals surface area contributed by atoms with Crippen LogP contribution in [0, 0.1) is 0 Å². The summed E-state index contributed by atoms with van der Waals surface area (Å²) in [6.45, 7) is 6.20. The minimum Gasteiger partial charge on any atom is -0.370 e. The molecule has 0 saturated heterocycles. The molecular weight excluding hydrogens is 234 g/mol. The van der Waals surface area contributed by atoms with Crippen LogP contribution in [0.15, 0.2) is 12.1 Å². The van der Waals surface area contributed by atoms with Gasteiger partial charge < -0.3 is 10.6 Å². The molecule has 0 bridgehead atoms. The van der Waals surface area contributed by atoms with Crippen molar-refractivity contribution in [3.8, 4) is 0 Å². The van der Waals surface area contributed by atoms with Gasteiger partial charge in [0.25, 0.3) is 0 Å². The standard InChI is InChI=1S/C14H23N3.C2H6.H2/c1-15-10-4-2-3-7-13-9-8-12-6-5-11-16-14(12)17-13;1-2;/h8-9,15H,2-7,10-11H2,1H3,(H,16,17);1-2H3;1H. The lowest BCUT2D eigenvalue weighted by molar-refractivity contribution is 0.637. The third kappa shape index (κ3) is 5.60. The zero-order valence-corrected chi connectivity index (χ0v) is 12.8. The molecular formula is C16H31N3. The quantitative estimate of drug-likeness (QED) is 0.771. The number of pyridine rings is 1. The second-order valence-electron chi connectivity index (χ2n) is 4.75. The maximum absolute atomic E-state index is 4.70. The number of aromatic nitrogens is 1. The van der Waals surface area contributed by atoms with E-state index in [4.69, 9.17) is 4.98 Å². The fourth-order valence-corrected chi connectivity index (χ4v) is 2.29. The Balaban J connectivity index is 0.00000115. The number of hydrogen-bond acceptors (Lipinski definition) is 3. The molecule has 0 saturated carbocycles. The van der Waals surface area contributed by atoms with Crippen LogP contribution in [-0.4, -0.2) is 25.1 Å². The lowest BCUT2D eigenvalue weighted by Gasteiger charge is -2.17. The zero-order valence-electron chi connectivity index (χ0n) is 12.8. The van der Waals surface area contributed by atoms with E-state index in [0.29, 0.717) is 0 Å². The Morgan fingerprint density at radius 2 is 2.11 bits per heavy atom. The van der Waals surface area contributed by atoms with E-state index >= 15 is 0 Å². The van der Waals surface area contributed by atoms with Gasteiger partial charge in [0.05, 0.1) is 0 Å². The molecule has 1 aromatic rings. The van der Waals surface area contributed by atoms with Gasteiger partial charge in [-0.25, -0.2) is 4.98 Å². The van der Waals surface area contributed by atoms with Gasteiger partial charge in [0.1, 0.15) is 5.82 Å². The van der Waals surface area contributed by atoms with Crippen LogP contribution in [0.3, 0.4) is 0 Å². The molecule has 2 heterocycles. The molecule has 110 valence electrons. The first-order valence-corrected chi connectivity index (χ1v) is 7.77. The van der Waals surface area contributed by atoms with E-state index in [9.17, 15) is 0 Å². The van der Waals surface area contributed by atoms with Gasteiger partial charge in [0.15, 0.2) is 0 Å². The van der Waals surface area contributed by atoms with E-state index < -0.39 is 0 Å². The van der Waals surface area contributed by atoms with Crippen molar-refractivity contribution in [2.75, 3.05) is 25.5 Å². The van der Waals surface area contributed by atoms with Gasteiger partial charge in [-0.2, -0.15) is 0 Å². The van der Waals surface area contributed by atoms with Crippen LogP contribution < -0.4 is 10.6 Å². The number of unbranched alkanes of at least 4 members (excludes halogenated alkanes) is 2. The minimum absolute atomic E-state index is 0. The predicted molar refractivity (Wildman–Crippen MR) is 86.0 cm³/mol. The summed E-state index contributed by atoms with van der Waals surface area (Å²) in [6.07, 6.45) is 7.31. The number of nitrogens with zero attached hydrogens (tertiary/aromatic N) is 1. The molecule has 0 aromatic carbocycles. The summed E-state index contributed by atoms with van der Waals surface area (Å²) in [7, 11) is 2.01. The normalized spacial score (nSPS) is 13.0. The maximum atomic E-state index is 4.70. The Kier molecular flexibility index (Phi) is 8.23. The van der Waals surface area contributed by atoms with Crippen LogP contribution in [0.2, 0.25) is 0 Å². The van der Waals surface area contributed by atoms with Gasteiger partial charge >= 0.3 is 0 Å². The Morgan fingerprint density at radius 1 is 1.26 bits per heavy atom. The second kappa shape index (κ2) is 9.79. The molecule has 0 unspecified atom stereocenters. The second-order valence-corrected chi connectivity index (χ2v) is 4.75. The highest BCUT2D eigenvalue weighted by Crippen LogP contribution is 2.20. The zero-order chi connectivity index (χ0) is 13.9. The SMILES string of the molecule is CC.CNCCCCCc1ccc2c(n1)NCCC2.[HH]. The highest BCUT2D eigenvalue weighted by Gasteiger charge is 2.09. The van der Waals surface area contributed by atoms with Crippen LogP contribution in [-0.2, 0) is 12.8 Å². The van der Waals surface area contributed by atoms with E-state index in [0.717, 1.165) is 25.3 Å². The van der Waals surface area contributed by atoms with Gasteiger partial charge in [-0.3, -0.25) is 0 Å². The Labute approximate surface area is 119 Å². The monoisotopic (exact) mass is 265 g/mol. The first-order valence-electron chi connectivity index (χ1n) is 7.77. The highest BCUT2D eigenvalue weighted by molar-refractivity contribution is 5.46. The van der Waals surface area contributed by atoms with Crippen molar-refractivity contribution in [1.82, 2.24) is 10.3 Å². The molecule has 3 heteroatoms. The van der Waals surface area contributed by atoms with Crippen molar-refractivity contribution < 1.29 is 1.43 Å². The lowest BCUT2D eigenvalue weighted by Crippen LogP contribution is -2.14. The lowest BCUT2D eigenvalue weighted by atomic mass is 10.1. The summed E-state index contributed by atoms with van der Waals surface area (Å²) in [5.74, 6) is 1.13. The molecule has 0 atom stereocenters. The number of aryl methyl sites for hydroxylation is 2. The Hall–Kier alpha value is -1.09. The first kappa shape index (κ1) is 16.0. The molecule has 1 aliphatic heterocycles. The summed E-state index contributed by atoms with van der Waals surface area (Å²) in [4.78, 5) is 4.70. The molecule has 0 amide bonds. The summed E-state index contributed by atoms with van der Waals surface area (Å²) >= 11 is 0. The molecule has 0 fully saturated rings. The van der Waals surface area contributed by atoms with Gasteiger partial charge in [-0.05, 0) is 57.3 Å². The smallest absolute Gasteiger partial charge is 0.129 e. The number of anilines is 1. The average Bonchev–Trinajstić information content (AvgIpc) is 2.49. The van der Waals surface area contributed by atoms with Gasteiger partial charge in [-0.15, -0.1) is 0 Å². The Bertz CT molecular complexity index is 356. The molecule has 19 heavy (non-hydrogen) atoms. The van der Waals surface area contributed by atoms with Crippen LogP contribution in [0.4, 0.5) is 5.82 Å². The third-order valence-corrected chi connectivity index (χ3v) is 3.31. The summed E-state index contributed by atoms with van der Waals surface area (Å²) in [5, 5.41) is 6.57. The Morgan fingerprint density at radius 3 is 2.89 bits per heavy atom. The topological polar surface area (TPSA) is 37.0 Å². The molecule has 2 N–H and O–H groups in total. The van der Waals surface area contributed by atoms with Crippen LogP contribution in [0.25, 0.3) is 0 Å². The van der Waals surface area contributed by atoms with E-state index in [1.165, 1.54) is 43.4 Å². The van der Waals surface area contributed by atoms with Crippen LogP contribution >= 0.6 is 0 Å². The van der Waals surface area contributed by atoms with Crippen molar-refractivity contribution in [2.45, 2.75) is 52.4 Å². The molecule has 2 rings (SSSR count). The number of hydrogen-bond donors (Lipinski definition) is 2. The van der Waals surface area contributed by atoms with Gasteiger partial charge in [0, 0.05) is 13.7 Å². The maximum Gasteiger partial charge on any atom is 0.129 e. The summed E-state index contributed by atoms with van der Waals surface area (Å²) < 4.78 is 0. The molecule has 0 aliphatic carbocycles. The highest BCUT2D eigenvalue weighted by atomic mass is 15.0. The average molecular weight is 265 g/mol. The fourth-order valence-electron chi connectivity index (χ4n) is 2.29. The van der Waals surface area contributed by atoms with Gasteiger partial charge in [-0.1, -0.05) is 26.3 Å². The van der Waals surface area contributed by atoms with E-state index in [-0.39, 0.29) is 1.43 Å². The van der Waals surface area contributed by atoms with Crippen molar-refractivity contribution in [3.05, 3.63) is 23.4 Å². The number of rotatable bonds is 6. The third-order valence-electron chi connectivity index (χ3n) is 3.31. The van der Waals surface area contributed by atoms with Crippen molar-refractivity contribution in [2.24, 2.45) is 0 Å². The largest absolute Gasteiger partial charge is 0.370 e. The summed E-state index contributed by atoms with van der Waals surface area (Å²) in [6, 6.07) is 4.45. The molecule has 1 aliphatic rings. The molecule has 0 radical (unpaired) electrons. The molecule has 1 aromatic heterocycles. The number of fused-ring (bicyclic) bond motifs is 1. The van der Waals surface area contributed by atoms with Gasteiger partial charge in [0.2, 0.25) is 0 Å². The van der Waals surface area contributed by atoms with E-state index in [1.807, 2.05) is 20.9 Å². The van der Waals surface area contributed by atoms with Crippen LogP contribution in [0.1, 0.15) is 52.2 Å². The van der Waals surface area contributed by atoms with Crippen molar-refractivity contribution in [3.63, 3.8) is 0 Å². The minimum atomic E-state index is 0. The van der Waals surface area contributed by atoms with E-state index in [1.54, 1.807) is 0 Å². The van der Waals surface area contributed by atoms with Crippen molar-refractivity contribution >= 4 is 5.82 Å². The fraction of sp³-hybridized carbons (Fsp3) is 0.688. The first-order chi connectivity index (χ1) is 9.40. The van der Waals surface area contributed by atoms with Crippen molar-refractivity contribution in [1.29, 1.82) is 0 Å². The predicted octanol–water partition coefficient (Wildman–Crippen LogP) is 3.64. The molecule has 3 nitrogen and oxygen atoms in total. The number of nitrogens with one attached hydrogen (secondary N) is 2. The summed E-state index contributed by atoms with van der Waals surface area (Å²) in [5.41, 5.74) is 2.62. The van der Waals surface area contributed by atoms with E-state index in [2.05, 4.69) is 22.8 Å².